The van der Waals surface area contributed by atoms with Gasteiger partial charge >= 0.3 is 0 Å². The molecule has 18 heavy (non-hydrogen) atoms. The smallest absolute Gasteiger partial charge is 0.0469 e. The van der Waals surface area contributed by atoms with Crippen molar-refractivity contribution in [3.63, 3.8) is 0 Å². The molecule has 0 amide bonds. The van der Waals surface area contributed by atoms with Crippen molar-refractivity contribution in [2.75, 3.05) is 19.8 Å². The number of aryl methyl sites for hydroxylation is 1. The first-order valence-electron chi connectivity index (χ1n) is 7.18. The van der Waals surface area contributed by atoms with E-state index in [0.29, 0.717) is 6.04 Å². The SMILES string of the molecule is CCNC(C)CCCOCCCc1ccccc1. The molecule has 1 atom stereocenters. The Labute approximate surface area is 112 Å². The van der Waals surface area contributed by atoms with Crippen molar-refractivity contribution < 1.29 is 4.74 Å². The van der Waals surface area contributed by atoms with Crippen LogP contribution in [-0.4, -0.2) is 25.8 Å². The maximum Gasteiger partial charge on any atom is 0.0469 e. The quantitative estimate of drug-likeness (QED) is 0.642. The minimum atomic E-state index is 0.614. The van der Waals surface area contributed by atoms with E-state index in [1.807, 2.05) is 0 Å². The molecule has 2 heteroatoms. The van der Waals surface area contributed by atoms with Crippen molar-refractivity contribution in [3.05, 3.63) is 35.9 Å². The molecule has 0 radical (unpaired) electrons. The lowest BCUT2D eigenvalue weighted by Crippen LogP contribution is -2.25. The zero-order chi connectivity index (χ0) is 13.1. The first-order chi connectivity index (χ1) is 8.83. The largest absolute Gasteiger partial charge is 0.381 e. The third-order valence-electron chi connectivity index (χ3n) is 3.08. The van der Waals surface area contributed by atoms with Gasteiger partial charge in [-0.05, 0) is 44.7 Å². The van der Waals surface area contributed by atoms with Crippen LogP contribution in [0.2, 0.25) is 0 Å². The van der Waals surface area contributed by atoms with Crippen molar-refractivity contribution in [2.24, 2.45) is 0 Å². The second kappa shape index (κ2) is 10.1. The van der Waals surface area contributed by atoms with Gasteiger partial charge < -0.3 is 10.1 Å². The van der Waals surface area contributed by atoms with Crippen LogP contribution in [0.25, 0.3) is 0 Å². The van der Waals surface area contributed by atoms with Crippen molar-refractivity contribution in [1.82, 2.24) is 5.32 Å². The molecule has 0 heterocycles. The summed E-state index contributed by atoms with van der Waals surface area (Å²) in [4.78, 5) is 0. The Morgan fingerprint density at radius 3 is 2.56 bits per heavy atom. The number of hydrogen-bond acceptors (Lipinski definition) is 2. The van der Waals surface area contributed by atoms with Gasteiger partial charge in [-0.3, -0.25) is 0 Å². The van der Waals surface area contributed by atoms with Crippen LogP contribution < -0.4 is 5.32 Å². The molecule has 0 fully saturated rings. The molecule has 1 aromatic rings. The summed E-state index contributed by atoms with van der Waals surface area (Å²) >= 11 is 0. The molecule has 1 N–H and O–H groups in total. The third kappa shape index (κ3) is 7.46. The minimum Gasteiger partial charge on any atom is -0.381 e. The fourth-order valence-electron chi connectivity index (χ4n) is 2.07. The van der Waals surface area contributed by atoms with Gasteiger partial charge in [0, 0.05) is 19.3 Å². The lowest BCUT2D eigenvalue weighted by molar-refractivity contribution is 0.126. The average molecular weight is 249 g/mol. The molecule has 0 spiro atoms. The molecule has 0 aliphatic heterocycles. The highest BCUT2D eigenvalue weighted by Gasteiger charge is 1.99. The van der Waals surface area contributed by atoms with E-state index in [1.54, 1.807) is 0 Å². The maximum absolute atomic E-state index is 5.66. The Morgan fingerprint density at radius 2 is 1.83 bits per heavy atom. The first kappa shape index (κ1) is 15.2. The predicted molar refractivity (Wildman–Crippen MR) is 78.0 cm³/mol. The molecular weight excluding hydrogens is 222 g/mol. The minimum absolute atomic E-state index is 0.614. The summed E-state index contributed by atoms with van der Waals surface area (Å²) < 4.78 is 5.66. The molecular formula is C16H27NO. The van der Waals surface area contributed by atoms with Crippen molar-refractivity contribution in [2.45, 2.75) is 45.6 Å². The highest BCUT2D eigenvalue weighted by molar-refractivity contribution is 5.14. The van der Waals surface area contributed by atoms with E-state index < -0.39 is 0 Å². The topological polar surface area (TPSA) is 21.3 Å². The zero-order valence-electron chi connectivity index (χ0n) is 11.8. The number of ether oxygens (including phenoxy) is 1. The van der Waals surface area contributed by atoms with Crippen LogP contribution in [0.5, 0.6) is 0 Å². The summed E-state index contributed by atoms with van der Waals surface area (Å²) in [5.41, 5.74) is 1.40. The fourth-order valence-corrected chi connectivity index (χ4v) is 2.07. The molecule has 0 aliphatic carbocycles. The molecule has 0 saturated carbocycles. The number of benzene rings is 1. The Bertz CT molecular complexity index is 286. The second-order valence-corrected chi connectivity index (χ2v) is 4.80. The van der Waals surface area contributed by atoms with E-state index in [0.717, 1.165) is 39.0 Å². The zero-order valence-corrected chi connectivity index (χ0v) is 11.8. The summed E-state index contributed by atoms with van der Waals surface area (Å²) in [6.07, 6.45) is 4.59. The van der Waals surface area contributed by atoms with E-state index >= 15 is 0 Å². The molecule has 1 rings (SSSR count). The van der Waals surface area contributed by atoms with Gasteiger partial charge in [-0.2, -0.15) is 0 Å². The van der Waals surface area contributed by atoms with Gasteiger partial charge in [0.05, 0.1) is 0 Å². The van der Waals surface area contributed by atoms with E-state index in [-0.39, 0.29) is 0 Å². The molecule has 0 bridgehead atoms. The van der Waals surface area contributed by atoms with Crippen LogP contribution in [-0.2, 0) is 11.2 Å². The van der Waals surface area contributed by atoms with Gasteiger partial charge in [-0.1, -0.05) is 37.3 Å². The van der Waals surface area contributed by atoms with Gasteiger partial charge in [0.15, 0.2) is 0 Å². The van der Waals surface area contributed by atoms with Crippen LogP contribution in [0.3, 0.4) is 0 Å². The Balaban J connectivity index is 1.90. The lowest BCUT2D eigenvalue weighted by atomic mass is 10.1. The van der Waals surface area contributed by atoms with Crippen molar-refractivity contribution in [3.8, 4) is 0 Å². The van der Waals surface area contributed by atoms with E-state index in [4.69, 9.17) is 4.74 Å². The van der Waals surface area contributed by atoms with Crippen molar-refractivity contribution >= 4 is 0 Å². The number of nitrogens with one attached hydrogen (secondary N) is 1. The highest BCUT2D eigenvalue weighted by atomic mass is 16.5. The maximum atomic E-state index is 5.66. The first-order valence-corrected chi connectivity index (χ1v) is 7.18. The van der Waals surface area contributed by atoms with Crippen molar-refractivity contribution in [1.29, 1.82) is 0 Å². The number of rotatable bonds is 10. The van der Waals surface area contributed by atoms with E-state index in [9.17, 15) is 0 Å². The molecule has 0 saturated heterocycles. The van der Waals surface area contributed by atoms with Gasteiger partial charge in [0.1, 0.15) is 0 Å². The van der Waals surface area contributed by atoms with E-state index in [1.165, 1.54) is 12.0 Å². The third-order valence-corrected chi connectivity index (χ3v) is 3.08. The number of hydrogen-bond donors (Lipinski definition) is 1. The average Bonchev–Trinajstić information content (AvgIpc) is 2.39. The molecule has 1 unspecified atom stereocenters. The lowest BCUT2D eigenvalue weighted by Gasteiger charge is -2.11. The summed E-state index contributed by atoms with van der Waals surface area (Å²) in [6.45, 7) is 7.21. The summed E-state index contributed by atoms with van der Waals surface area (Å²) in [6, 6.07) is 11.2. The van der Waals surface area contributed by atoms with Gasteiger partial charge in [-0.25, -0.2) is 0 Å². The van der Waals surface area contributed by atoms with Crippen LogP contribution in [0.4, 0.5) is 0 Å². The Kier molecular flexibility index (Phi) is 8.53. The highest BCUT2D eigenvalue weighted by Crippen LogP contribution is 2.03. The van der Waals surface area contributed by atoms with E-state index in [2.05, 4.69) is 49.5 Å². The second-order valence-electron chi connectivity index (χ2n) is 4.80. The van der Waals surface area contributed by atoms with Crippen LogP contribution in [0.15, 0.2) is 30.3 Å². The summed E-state index contributed by atoms with van der Waals surface area (Å²) in [7, 11) is 0. The monoisotopic (exact) mass is 249 g/mol. The normalized spacial score (nSPS) is 12.6. The fraction of sp³-hybridized carbons (Fsp3) is 0.625. The molecule has 1 aromatic carbocycles. The molecule has 0 aromatic heterocycles. The standard InChI is InChI=1S/C16H27NO/c1-3-17-15(2)9-7-13-18-14-8-12-16-10-5-4-6-11-16/h4-6,10-11,15,17H,3,7-9,12-14H2,1-2H3. The Morgan fingerprint density at radius 1 is 1.11 bits per heavy atom. The van der Waals surface area contributed by atoms with Gasteiger partial charge in [0.25, 0.3) is 0 Å². The molecule has 2 nitrogen and oxygen atoms in total. The van der Waals surface area contributed by atoms with Gasteiger partial charge in [-0.15, -0.1) is 0 Å². The molecule has 0 aliphatic rings. The summed E-state index contributed by atoms with van der Waals surface area (Å²) in [5, 5.41) is 3.41. The van der Waals surface area contributed by atoms with Gasteiger partial charge in [0.2, 0.25) is 0 Å². The molecule has 102 valence electrons. The Hall–Kier alpha value is -0.860. The van der Waals surface area contributed by atoms with Crippen LogP contribution in [0, 0.1) is 0 Å². The van der Waals surface area contributed by atoms with Crippen LogP contribution >= 0.6 is 0 Å². The predicted octanol–water partition coefficient (Wildman–Crippen LogP) is 3.41. The summed E-state index contributed by atoms with van der Waals surface area (Å²) in [5.74, 6) is 0. The van der Waals surface area contributed by atoms with Crippen LogP contribution in [0.1, 0.15) is 38.7 Å².